The number of carboxylic acids is 1. The van der Waals surface area contributed by atoms with E-state index >= 15 is 0 Å². The van der Waals surface area contributed by atoms with E-state index in [0.29, 0.717) is 27.4 Å². The van der Waals surface area contributed by atoms with Crippen molar-refractivity contribution in [2.75, 3.05) is 0 Å². The lowest BCUT2D eigenvalue weighted by Gasteiger charge is -2.21. The minimum Gasteiger partial charge on any atom is -0.478 e. The number of aryl methyl sites for hydroxylation is 1. The molecule has 6 heteroatoms. The zero-order valence-electron chi connectivity index (χ0n) is 14.2. The van der Waals surface area contributed by atoms with Crippen molar-refractivity contribution < 1.29 is 9.90 Å². The molecule has 0 bridgehead atoms. The van der Waals surface area contributed by atoms with Gasteiger partial charge in [0.1, 0.15) is 16.4 Å². The van der Waals surface area contributed by atoms with E-state index in [1.165, 1.54) is 31.0 Å². The van der Waals surface area contributed by atoms with Crippen molar-refractivity contribution in [3.05, 3.63) is 51.9 Å². The number of rotatable bonds is 5. The number of halogens is 1. The van der Waals surface area contributed by atoms with Crippen LogP contribution in [0.3, 0.4) is 0 Å². The van der Waals surface area contributed by atoms with Crippen LogP contribution in [0.4, 0.5) is 0 Å². The van der Waals surface area contributed by atoms with E-state index in [9.17, 15) is 9.90 Å². The molecule has 1 aliphatic carbocycles. The van der Waals surface area contributed by atoms with E-state index in [1.54, 1.807) is 6.92 Å². The van der Waals surface area contributed by atoms with Crippen LogP contribution in [0.25, 0.3) is 0 Å². The summed E-state index contributed by atoms with van der Waals surface area (Å²) in [6.07, 6.45) is 5.84. The number of nitrogens with zero attached hydrogens (tertiary/aromatic N) is 2. The van der Waals surface area contributed by atoms with Crippen LogP contribution >= 0.6 is 23.4 Å². The SMILES string of the molecule is Cc1nc(C2CCCCC2)nc(SCc2ccc(Cl)cc2)c1C(=O)O. The number of carbonyl (C=O) groups is 1. The van der Waals surface area contributed by atoms with Gasteiger partial charge in [-0.15, -0.1) is 11.8 Å². The molecule has 1 aliphatic rings. The largest absolute Gasteiger partial charge is 0.478 e. The van der Waals surface area contributed by atoms with Crippen LogP contribution in [0, 0.1) is 6.92 Å². The molecule has 1 fully saturated rings. The molecule has 0 atom stereocenters. The predicted molar refractivity (Wildman–Crippen MR) is 101 cm³/mol. The molecule has 0 unspecified atom stereocenters. The Bertz CT molecular complexity index is 759. The molecule has 1 aromatic carbocycles. The van der Waals surface area contributed by atoms with Crippen molar-refractivity contribution in [2.24, 2.45) is 0 Å². The lowest BCUT2D eigenvalue weighted by atomic mass is 9.88. The van der Waals surface area contributed by atoms with Crippen LogP contribution in [0.1, 0.15) is 65.5 Å². The van der Waals surface area contributed by atoms with Gasteiger partial charge >= 0.3 is 5.97 Å². The standard InChI is InChI=1S/C19H21ClN2O2S/c1-12-16(19(23)24)18(25-11-13-7-9-15(20)10-8-13)22-17(21-12)14-5-3-2-4-6-14/h7-10,14H,2-6,11H2,1H3,(H,23,24). The average molecular weight is 377 g/mol. The molecular weight excluding hydrogens is 356 g/mol. The van der Waals surface area contributed by atoms with Gasteiger partial charge in [-0.3, -0.25) is 0 Å². The highest BCUT2D eigenvalue weighted by Crippen LogP contribution is 2.34. The normalized spacial score (nSPS) is 15.3. The van der Waals surface area contributed by atoms with Gasteiger partial charge in [0.25, 0.3) is 0 Å². The third-order valence-corrected chi connectivity index (χ3v) is 5.85. The molecule has 0 amide bonds. The third-order valence-electron chi connectivity index (χ3n) is 4.55. The molecule has 132 valence electrons. The summed E-state index contributed by atoms with van der Waals surface area (Å²) in [7, 11) is 0. The lowest BCUT2D eigenvalue weighted by Crippen LogP contribution is -2.14. The Hall–Kier alpha value is -1.59. The number of thioether (sulfide) groups is 1. The Kier molecular flexibility index (Phi) is 5.97. The highest BCUT2D eigenvalue weighted by Gasteiger charge is 2.23. The summed E-state index contributed by atoms with van der Waals surface area (Å²) in [4.78, 5) is 20.9. The number of benzene rings is 1. The molecule has 4 nitrogen and oxygen atoms in total. The number of carboxylic acid groups (broad SMARTS) is 1. The summed E-state index contributed by atoms with van der Waals surface area (Å²) in [5, 5.41) is 10.8. The molecule has 0 aliphatic heterocycles. The number of hydrogen-bond acceptors (Lipinski definition) is 4. The van der Waals surface area contributed by atoms with Crippen LogP contribution in [-0.2, 0) is 5.75 Å². The maximum absolute atomic E-state index is 11.7. The Morgan fingerprint density at radius 3 is 2.52 bits per heavy atom. The summed E-state index contributed by atoms with van der Waals surface area (Å²) < 4.78 is 0. The van der Waals surface area contributed by atoms with Crippen molar-refractivity contribution in [3.63, 3.8) is 0 Å². The monoisotopic (exact) mass is 376 g/mol. The first-order chi connectivity index (χ1) is 12.0. The van der Waals surface area contributed by atoms with Gasteiger partial charge in [-0.05, 0) is 37.5 Å². The van der Waals surface area contributed by atoms with E-state index in [4.69, 9.17) is 11.6 Å². The zero-order valence-corrected chi connectivity index (χ0v) is 15.7. The fourth-order valence-electron chi connectivity index (χ4n) is 3.19. The number of aromatic nitrogens is 2. The van der Waals surface area contributed by atoms with Crippen LogP contribution in [-0.4, -0.2) is 21.0 Å². The molecule has 1 heterocycles. The second-order valence-corrected chi connectivity index (χ2v) is 7.80. The molecule has 2 aromatic rings. The minimum absolute atomic E-state index is 0.221. The van der Waals surface area contributed by atoms with Gasteiger partial charge in [0.15, 0.2) is 0 Å². The second-order valence-electron chi connectivity index (χ2n) is 6.40. The lowest BCUT2D eigenvalue weighted by molar-refractivity contribution is 0.0690. The quantitative estimate of drug-likeness (QED) is 0.553. The molecule has 1 aromatic heterocycles. The van der Waals surface area contributed by atoms with E-state index in [-0.39, 0.29) is 5.56 Å². The number of hydrogen-bond donors (Lipinski definition) is 1. The maximum Gasteiger partial charge on any atom is 0.340 e. The number of aromatic carboxylic acids is 1. The first-order valence-electron chi connectivity index (χ1n) is 8.53. The topological polar surface area (TPSA) is 63.1 Å². The second kappa shape index (κ2) is 8.19. The molecule has 1 saturated carbocycles. The highest BCUT2D eigenvalue weighted by molar-refractivity contribution is 7.98. The van der Waals surface area contributed by atoms with Crippen molar-refractivity contribution in [1.82, 2.24) is 9.97 Å². The molecule has 0 radical (unpaired) electrons. The Morgan fingerprint density at radius 1 is 1.20 bits per heavy atom. The van der Waals surface area contributed by atoms with Crippen LogP contribution in [0.2, 0.25) is 5.02 Å². The maximum atomic E-state index is 11.7. The summed E-state index contributed by atoms with van der Waals surface area (Å²) in [5.41, 5.74) is 1.86. The van der Waals surface area contributed by atoms with Crippen LogP contribution in [0.5, 0.6) is 0 Å². The van der Waals surface area contributed by atoms with E-state index < -0.39 is 5.97 Å². The highest BCUT2D eigenvalue weighted by atomic mass is 35.5. The van der Waals surface area contributed by atoms with Crippen LogP contribution in [0.15, 0.2) is 29.3 Å². The van der Waals surface area contributed by atoms with E-state index in [2.05, 4.69) is 9.97 Å². The predicted octanol–water partition coefficient (Wildman–Crippen LogP) is 5.48. The molecule has 3 rings (SSSR count). The summed E-state index contributed by atoms with van der Waals surface area (Å²) in [5.74, 6) is 0.843. The first kappa shape index (κ1) is 18.2. The smallest absolute Gasteiger partial charge is 0.340 e. The van der Waals surface area contributed by atoms with Gasteiger partial charge in [-0.1, -0.05) is 43.0 Å². The van der Waals surface area contributed by atoms with Gasteiger partial charge in [0, 0.05) is 16.7 Å². The van der Waals surface area contributed by atoms with Gasteiger partial charge in [-0.2, -0.15) is 0 Å². The Labute approximate surface area is 157 Å². The van der Waals surface area contributed by atoms with Gasteiger partial charge in [-0.25, -0.2) is 14.8 Å². The summed E-state index contributed by atoms with van der Waals surface area (Å²) in [6, 6.07) is 7.58. The van der Waals surface area contributed by atoms with E-state index in [1.807, 2.05) is 24.3 Å². The van der Waals surface area contributed by atoms with Crippen molar-refractivity contribution >= 4 is 29.3 Å². The minimum atomic E-state index is -0.966. The van der Waals surface area contributed by atoms with Gasteiger partial charge in [0.05, 0.1) is 5.69 Å². The van der Waals surface area contributed by atoms with Crippen LogP contribution < -0.4 is 0 Å². The zero-order chi connectivity index (χ0) is 17.8. The molecule has 0 spiro atoms. The van der Waals surface area contributed by atoms with Crippen molar-refractivity contribution in [3.8, 4) is 0 Å². The average Bonchev–Trinajstić information content (AvgIpc) is 2.61. The molecule has 0 saturated heterocycles. The molecule has 1 N–H and O–H groups in total. The fraction of sp³-hybridized carbons (Fsp3) is 0.421. The van der Waals surface area contributed by atoms with Gasteiger partial charge in [0.2, 0.25) is 0 Å². The Balaban J connectivity index is 1.87. The van der Waals surface area contributed by atoms with Crippen molar-refractivity contribution in [2.45, 2.75) is 55.7 Å². The molecular formula is C19H21ClN2O2S. The van der Waals surface area contributed by atoms with Crippen molar-refractivity contribution in [1.29, 1.82) is 0 Å². The molecule has 25 heavy (non-hydrogen) atoms. The summed E-state index contributed by atoms with van der Waals surface area (Å²) in [6.45, 7) is 1.77. The third kappa shape index (κ3) is 4.53. The summed E-state index contributed by atoms with van der Waals surface area (Å²) >= 11 is 7.37. The van der Waals surface area contributed by atoms with Gasteiger partial charge < -0.3 is 5.11 Å². The Morgan fingerprint density at radius 2 is 1.88 bits per heavy atom. The van der Waals surface area contributed by atoms with E-state index in [0.717, 1.165) is 24.2 Å². The first-order valence-corrected chi connectivity index (χ1v) is 9.90. The fourth-order valence-corrected chi connectivity index (χ4v) is 4.35.